The molecule has 1 aliphatic rings. The van der Waals surface area contributed by atoms with Gasteiger partial charge in [0.2, 0.25) is 5.91 Å². The first-order valence-electron chi connectivity index (χ1n) is 8.89. The van der Waals surface area contributed by atoms with Crippen LogP contribution in [0.3, 0.4) is 0 Å². The van der Waals surface area contributed by atoms with Crippen molar-refractivity contribution in [3.63, 3.8) is 0 Å². The summed E-state index contributed by atoms with van der Waals surface area (Å²) in [6, 6.07) is 14.5. The molecule has 0 aromatic heterocycles. The highest BCUT2D eigenvalue weighted by Gasteiger charge is 2.24. The molecule has 1 fully saturated rings. The van der Waals surface area contributed by atoms with Gasteiger partial charge in [0, 0.05) is 30.9 Å². The van der Waals surface area contributed by atoms with Crippen LogP contribution in [0.4, 0.5) is 0 Å². The number of halogens is 1. The minimum absolute atomic E-state index is 0. The number of likely N-dealkylation sites (tertiary alicyclic amines) is 1. The fourth-order valence-electron chi connectivity index (χ4n) is 3.44. The lowest BCUT2D eigenvalue weighted by Gasteiger charge is -2.35. The molecule has 25 heavy (non-hydrogen) atoms. The lowest BCUT2D eigenvalue weighted by molar-refractivity contribution is -0.134. The van der Waals surface area contributed by atoms with Crippen LogP contribution in [-0.2, 0) is 4.79 Å². The van der Waals surface area contributed by atoms with Crippen molar-refractivity contribution in [3.05, 3.63) is 42.5 Å². The van der Waals surface area contributed by atoms with E-state index in [0.29, 0.717) is 19.6 Å². The normalized spacial score (nSPS) is 17.2. The van der Waals surface area contributed by atoms with Crippen LogP contribution >= 0.6 is 12.4 Å². The van der Waals surface area contributed by atoms with Gasteiger partial charge in [-0.15, -0.1) is 12.4 Å². The number of piperidine rings is 1. The Morgan fingerprint density at radius 3 is 2.80 bits per heavy atom. The average Bonchev–Trinajstić information content (AvgIpc) is 2.65. The number of hydrogen-bond donors (Lipinski definition) is 1. The topological polar surface area (TPSA) is 55.6 Å². The van der Waals surface area contributed by atoms with E-state index in [4.69, 9.17) is 10.5 Å². The summed E-state index contributed by atoms with van der Waals surface area (Å²) >= 11 is 0. The van der Waals surface area contributed by atoms with Gasteiger partial charge in [0.15, 0.2) is 0 Å². The summed E-state index contributed by atoms with van der Waals surface area (Å²) in [5.74, 6) is 1.10. The van der Waals surface area contributed by atoms with Crippen molar-refractivity contribution in [1.82, 2.24) is 4.90 Å². The Balaban J connectivity index is 0.00000225. The smallest absolute Gasteiger partial charge is 0.222 e. The van der Waals surface area contributed by atoms with Crippen molar-refractivity contribution in [2.75, 3.05) is 19.7 Å². The molecular formula is C20H27ClN2O2. The van der Waals surface area contributed by atoms with E-state index in [1.54, 1.807) is 0 Å². The van der Waals surface area contributed by atoms with Gasteiger partial charge in [-0.25, -0.2) is 0 Å². The van der Waals surface area contributed by atoms with Gasteiger partial charge in [0.1, 0.15) is 5.75 Å². The molecule has 0 saturated carbocycles. The molecule has 1 amide bonds. The third kappa shape index (κ3) is 4.86. The molecule has 2 aromatic carbocycles. The second kappa shape index (κ2) is 9.64. The van der Waals surface area contributed by atoms with Gasteiger partial charge < -0.3 is 15.4 Å². The zero-order valence-electron chi connectivity index (χ0n) is 14.5. The number of amides is 1. The molecular weight excluding hydrogens is 336 g/mol. The standard InChI is InChI=1S/C20H26N2O2.ClH/c21-15-17-9-3-4-13-22(17)20(23)12-6-14-24-19-11-5-8-16-7-1-2-10-18(16)19;/h1-2,5,7-8,10-11,17H,3-4,6,9,12-15,21H2;1H. The first-order chi connectivity index (χ1) is 11.8. The molecule has 1 aliphatic heterocycles. The number of ether oxygens (including phenoxy) is 1. The number of carbonyl (C=O) groups excluding carboxylic acids is 1. The van der Waals surface area contributed by atoms with Crippen molar-refractivity contribution in [1.29, 1.82) is 0 Å². The maximum atomic E-state index is 12.4. The largest absolute Gasteiger partial charge is 0.493 e. The first kappa shape index (κ1) is 19.5. The maximum Gasteiger partial charge on any atom is 0.222 e. The molecule has 1 saturated heterocycles. The van der Waals surface area contributed by atoms with E-state index in [9.17, 15) is 4.79 Å². The number of hydrogen-bond acceptors (Lipinski definition) is 3. The molecule has 2 N–H and O–H groups in total. The molecule has 0 spiro atoms. The van der Waals surface area contributed by atoms with Gasteiger partial charge in [-0.2, -0.15) is 0 Å². The van der Waals surface area contributed by atoms with Gasteiger partial charge in [0.05, 0.1) is 6.61 Å². The summed E-state index contributed by atoms with van der Waals surface area (Å²) in [5, 5.41) is 2.29. The molecule has 2 aromatic rings. The Bertz CT molecular complexity index is 687. The molecule has 1 heterocycles. The van der Waals surface area contributed by atoms with Crippen molar-refractivity contribution in [2.45, 2.75) is 38.1 Å². The van der Waals surface area contributed by atoms with E-state index >= 15 is 0 Å². The number of rotatable bonds is 6. The first-order valence-corrected chi connectivity index (χ1v) is 8.89. The summed E-state index contributed by atoms with van der Waals surface area (Å²) in [4.78, 5) is 14.4. The number of benzene rings is 2. The maximum absolute atomic E-state index is 12.4. The lowest BCUT2D eigenvalue weighted by Crippen LogP contribution is -2.47. The number of carbonyl (C=O) groups is 1. The average molecular weight is 363 g/mol. The molecule has 4 nitrogen and oxygen atoms in total. The van der Waals surface area contributed by atoms with Crippen LogP contribution in [-0.4, -0.2) is 36.5 Å². The number of nitrogens with two attached hydrogens (primary N) is 1. The zero-order valence-corrected chi connectivity index (χ0v) is 15.3. The van der Waals surface area contributed by atoms with E-state index in [-0.39, 0.29) is 24.4 Å². The van der Waals surface area contributed by atoms with Crippen molar-refractivity contribution in [3.8, 4) is 5.75 Å². The Labute approximate surface area is 155 Å². The highest BCUT2D eigenvalue weighted by Crippen LogP contribution is 2.25. The lowest BCUT2D eigenvalue weighted by atomic mass is 10.0. The number of nitrogens with zero attached hydrogens (tertiary/aromatic N) is 1. The molecule has 1 unspecified atom stereocenters. The molecule has 0 aliphatic carbocycles. The quantitative estimate of drug-likeness (QED) is 0.796. The minimum Gasteiger partial charge on any atom is -0.493 e. The zero-order chi connectivity index (χ0) is 16.8. The monoisotopic (exact) mass is 362 g/mol. The fourth-order valence-corrected chi connectivity index (χ4v) is 3.44. The van der Waals surface area contributed by atoms with Crippen LogP contribution in [0.5, 0.6) is 5.75 Å². The second-order valence-electron chi connectivity index (χ2n) is 6.40. The Morgan fingerprint density at radius 1 is 1.16 bits per heavy atom. The summed E-state index contributed by atoms with van der Waals surface area (Å²) < 4.78 is 5.91. The third-order valence-corrected chi connectivity index (χ3v) is 4.76. The van der Waals surface area contributed by atoms with Crippen molar-refractivity contribution < 1.29 is 9.53 Å². The summed E-state index contributed by atoms with van der Waals surface area (Å²) in [6.07, 6.45) is 4.57. The van der Waals surface area contributed by atoms with E-state index < -0.39 is 0 Å². The summed E-state index contributed by atoms with van der Waals surface area (Å²) in [7, 11) is 0. The predicted molar refractivity (Wildman–Crippen MR) is 104 cm³/mol. The van der Waals surface area contributed by atoms with Gasteiger partial charge in [-0.1, -0.05) is 36.4 Å². The highest BCUT2D eigenvalue weighted by molar-refractivity contribution is 5.88. The fraction of sp³-hybridized carbons (Fsp3) is 0.450. The molecule has 0 radical (unpaired) electrons. The summed E-state index contributed by atoms with van der Waals surface area (Å²) in [6.45, 7) is 1.98. The van der Waals surface area contributed by atoms with Gasteiger partial charge in [-0.05, 0) is 37.1 Å². The van der Waals surface area contributed by atoms with E-state index in [1.165, 1.54) is 11.8 Å². The van der Waals surface area contributed by atoms with Crippen LogP contribution in [0.2, 0.25) is 0 Å². The Morgan fingerprint density at radius 2 is 1.96 bits per heavy atom. The molecule has 5 heteroatoms. The molecule has 136 valence electrons. The van der Waals surface area contributed by atoms with Crippen molar-refractivity contribution in [2.24, 2.45) is 5.73 Å². The van der Waals surface area contributed by atoms with E-state index in [1.807, 2.05) is 29.2 Å². The SMILES string of the molecule is Cl.NCC1CCCCN1C(=O)CCCOc1cccc2ccccc12. The van der Waals surface area contributed by atoms with E-state index in [2.05, 4.69) is 18.2 Å². The predicted octanol–water partition coefficient (Wildman–Crippen LogP) is 3.76. The van der Waals surface area contributed by atoms with Gasteiger partial charge in [0.25, 0.3) is 0 Å². The van der Waals surface area contributed by atoms with Crippen LogP contribution in [0.1, 0.15) is 32.1 Å². The summed E-state index contributed by atoms with van der Waals surface area (Å²) in [5.41, 5.74) is 5.80. The van der Waals surface area contributed by atoms with Crippen LogP contribution in [0.15, 0.2) is 42.5 Å². The van der Waals surface area contributed by atoms with Crippen molar-refractivity contribution >= 4 is 29.1 Å². The van der Waals surface area contributed by atoms with E-state index in [0.717, 1.165) is 36.9 Å². The van der Waals surface area contributed by atoms with Crippen LogP contribution in [0, 0.1) is 0 Å². The molecule has 0 bridgehead atoms. The second-order valence-corrected chi connectivity index (χ2v) is 6.40. The molecule has 3 rings (SSSR count). The molecule has 1 atom stereocenters. The highest BCUT2D eigenvalue weighted by atomic mass is 35.5. The Hall–Kier alpha value is -1.78. The number of fused-ring (bicyclic) bond motifs is 1. The van der Waals surface area contributed by atoms with Gasteiger partial charge in [-0.3, -0.25) is 4.79 Å². The van der Waals surface area contributed by atoms with Gasteiger partial charge >= 0.3 is 0 Å². The third-order valence-electron chi connectivity index (χ3n) is 4.76. The Kier molecular flexibility index (Phi) is 7.53. The minimum atomic E-state index is 0. The van der Waals surface area contributed by atoms with Crippen LogP contribution < -0.4 is 10.5 Å². The van der Waals surface area contributed by atoms with Crippen LogP contribution in [0.25, 0.3) is 10.8 Å².